The van der Waals surface area contributed by atoms with E-state index in [2.05, 4.69) is 51.3 Å². The highest BCUT2D eigenvalue weighted by Gasteiger charge is 2.59. The van der Waals surface area contributed by atoms with Crippen LogP contribution in [0.3, 0.4) is 0 Å². The Bertz CT molecular complexity index is 997. The maximum atomic E-state index is 12.9. The van der Waals surface area contributed by atoms with Crippen LogP contribution in [0.25, 0.3) is 0 Å². The van der Waals surface area contributed by atoms with Gasteiger partial charge in [0.25, 0.3) is 0 Å². The number of rotatable bonds is 9. The van der Waals surface area contributed by atoms with E-state index < -0.39 is 0 Å². The molecule has 0 unspecified atom stereocenters. The van der Waals surface area contributed by atoms with E-state index in [-0.39, 0.29) is 61.1 Å². The minimum Gasteiger partial charge on any atom is -0.462 e. The van der Waals surface area contributed by atoms with E-state index in [9.17, 15) is 9.59 Å². The summed E-state index contributed by atoms with van der Waals surface area (Å²) in [4.78, 5) is 27.5. The Balaban J connectivity index is 0.00000276. The largest absolute Gasteiger partial charge is 0.462 e. The Hall–Kier alpha value is -0.820. The second-order valence-electron chi connectivity index (χ2n) is 16.0. The van der Waals surface area contributed by atoms with Gasteiger partial charge in [-0.3, -0.25) is 9.59 Å². The van der Waals surface area contributed by atoms with Crippen LogP contribution in [0, 0.1) is 46.3 Å². The van der Waals surface area contributed by atoms with E-state index in [1.54, 1.807) is 5.57 Å². The highest BCUT2D eigenvalue weighted by atomic mass is 35.5. The summed E-state index contributed by atoms with van der Waals surface area (Å²) in [5.74, 6) is 4.89. The number of ether oxygens (including phenoxy) is 1. The maximum Gasteiger partial charge on any atom is 0.306 e. The summed E-state index contributed by atoms with van der Waals surface area (Å²) in [6, 6.07) is 0. The molecule has 0 bridgehead atoms. The van der Waals surface area contributed by atoms with E-state index in [0.29, 0.717) is 18.5 Å². The fraction of sp³-hybridized carbons (Fsp3) is 0.892. The summed E-state index contributed by atoms with van der Waals surface area (Å²) in [5.41, 5.74) is 2.34. The molecule has 1 amide bonds. The number of esters is 1. The van der Waals surface area contributed by atoms with Crippen molar-refractivity contribution in [3.63, 3.8) is 0 Å². The third-order valence-electron chi connectivity index (χ3n) is 13.0. The van der Waals surface area contributed by atoms with Gasteiger partial charge in [0.2, 0.25) is 5.91 Å². The monoisotopic (exact) mass is 669 g/mol. The van der Waals surface area contributed by atoms with Crippen LogP contribution in [0.15, 0.2) is 11.6 Å². The lowest BCUT2D eigenvalue weighted by Crippen LogP contribution is -2.51. The quantitative estimate of drug-likeness (QED) is 0.196. The third-order valence-corrected chi connectivity index (χ3v) is 13.0. The van der Waals surface area contributed by atoms with Crippen LogP contribution >= 0.6 is 24.8 Å². The van der Waals surface area contributed by atoms with Gasteiger partial charge in [-0.1, -0.05) is 65.5 Å². The Labute approximate surface area is 287 Å². The van der Waals surface area contributed by atoms with Gasteiger partial charge < -0.3 is 20.3 Å². The van der Waals surface area contributed by atoms with Crippen molar-refractivity contribution in [3.05, 3.63) is 11.6 Å². The Kier molecular flexibility index (Phi) is 14.6. The number of fused-ring (bicyclic) bond motifs is 5. The summed E-state index contributed by atoms with van der Waals surface area (Å²) in [6.45, 7) is 17.4. The fourth-order valence-corrected chi connectivity index (χ4v) is 10.6. The average molecular weight is 671 g/mol. The van der Waals surface area contributed by atoms with Crippen LogP contribution in [0.4, 0.5) is 0 Å². The second kappa shape index (κ2) is 17.0. The molecular formula is C37H65Cl2N3O3. The van der Waals surface area contributed by atoms with Crippen molar-refractivity contribution in [1.29, 1.82) is 0 Å². The Morgan fingerprint density at radius 3 is 2.31 bits per heavy atom. The summed E-state index contributed by atoms with van der Waals surface area (Å²) in [5, 5.41) is 6.70. The van der Waals surface area contributed by atoms with Gasteiger partial charge in [-0.2, -0.15) is 0 Å². The van der Waals surface area contributed by atoms with E-state index in [1.165, 1.54) is 51.4 Å². The summed E-state index contributed by atoms with van der Waals surface area (Å²) in [6.07, 6.45) is 17.0. The molecule has 8 heteroatoms. The van der Waals surface area contributed by atoms with Crippen LogP contribution in [0.1, 0.15) is 118 Å². The lowest BCUT2D eigenvalue weighted by Gasteiger charge is -2.58. The predicted molar refractivity (Wildman–Crippen MR) is 189 cm³/mol. The number of hydrogen-bond donors (Lipinski definition) is 2. The van der Waals surface area contributed by atoms with Crippen molar-refractivity contribution in [2.24, 2.45) is 46.3 Å². The molecule has 1 aliphatic heterocycles. The van der Waals surface area contributed by atoms with Crippen LogP contribution in [0.5, 0.6) is 0 Å². The molecule has 2 N–H and O–H groups in total. The van der Waals surface area contributed by atoms with Gasteiger partial charge in [-0.25, -0.2) is 0 Å². The number of hydrogen-bond acceptors (Lipinski definition) is 5. The molecule has 6 nitrogen and oxygen atoms in total. The molecule has 0 spiro atoms. The Morgan fingerprint density at radius 2 is 1.62 bits per heavy atom. The minimum atomic E-state index is -0.204. The number of carbonyl (C=O) groups excluding carboxylic acids is 2. The van der Waals surface area contributed by atoms with E-state index in [4.69, 9.17) is 4.74 Å². The van der Waals surface area contributed by atoms with Crippen molar-refractivity contribution in [2.75, 3.05) is 39.3 Å². The molecule has 1 saturated heterocycles. The lowest BCUT2D eigenvalue weighted by molar-refractivity contribution is -0.153. The molecule has 0 radical (unpaired) electrons. The first-order chi connectivity index (χ1) is 20.6. The first-order valence-electron chi connectivity index (χ1n) is 18.2. The first kappa shape index (κ1) is 38.6. The molecule has 260 valence electrons. The maximum absolute atomic E-state index is 12.9. The average Bonchev–Trinajstić information content (AvgIpc) is 3.39. The Morgan fingerprint density at radius 1 is 0.911 bits per heavy atom. The zero-order chi connectivity index (χ0) is 30.6. The molecule has 45 heavy (non-hydrogen) atoms. The smallest absolute Gasteiger partial charge is 0.306 e. The van der Waals surface area contributed by atoms with Gasteiger partial charge >= 0.3 is 5.97 Å². The van der Waals surface area contributed by atoms with Crippen molar-refractivity contribution >= 4 is 36.7 Å². The molecule has 5 rings (SSSR count). The minimum absolute atomic E-state index is 0. The number of allylic oxidation sites excluding steroid dienone is 1. The summed E-state index contributed by atoms with van der Waals surface area (Å²) >= 11 is 0. The normalized spacial score (nSPS) is 35.6. The van der Waals surface area contributed by atoms with Crippen molar-refractivity contribution < 1.29 is 14.3 Å². The van der Waals surface area contributed by atoms with Crippen LogP contribution in [-0.2, 0) is 14.3 Å². The number of nitrogens with zero attached hydrogens (tertiary/aromatic N) is 1. The summed E-state index contributed by atoms with van der Waals surface area (Å²) in [7, 11) is 0. The van der Waals surface area contributed by atoms with Crippen LogP contribution in [-0.4, -0.2) is 62.1 Å². The lowest BCUT2D eigenvalue weighted by atomic mass is 9.47. The second-order valence-corrected chi connectivity index (χ2v) is 16.0. The van der Waals surface area contributed by atoms with Gasteiger partial charge in [0, 0.05) is 52.1 Å². The van der Waals surface area contributed by atoms with Gasteiger partial charge in [0.05, 0.1) is 6.42 Å². The van der Waals surface area contributed by atoms with Gasteiger partial charge in [-0.05, 0) is 91.3 Å². The SMILES string of the molecule is CC(C)CCC[C@@H](C)[C@H]1CC[C@H]2[C@@H]3CC=C4C[C@@H](OC(=O)CCC(=O)N5CCNCCNCC5)CC[C@]4(C)[C@H]3CC[C@]12C.Cl.Cl. The fourth-order valence-electron chi connectivity index (χ4n) is 10.6. The van der Waals surface area contributed by atoms with Gasteiger partial charge in [-0.15, -0.1) is 24.8 Å². The standard InChI is InChI=1S/C37H63N3O3.2ClH/c1-26(2)7-6-8-27(3)31-11-12-32-30-10-9-28-25-29(15-17-36(28,4)33(30)16-18-37(31,32)5)43-35(42)14-13-34(41)40-23-21-38-19-20-39-22-24-40;;/h9,26-27,29-33,38-39H,6-8,10-25H2,1-5H3;2*1H/t27-,29+,30+,31-,32+,33+,36+,37-;;/m1../s1. The van der Waals surface area contributed by atoms with Gasteiger partial charge in [0.1, 0.15) is 6.10 Å². The number of nitrogens with one attached hydrogen (secondary N) is 2. The highest BCUT2D eigenvalue weighted by Crippen LogP contribution is 2.67. The molecule has 1 heterocycles. The van der Waals surface area contributed by atoms with E-state index in [1.807, 2.05) is 4.90 Å². The number of carbonyl (C=O) groups is 2. The van der Waals surface area contributed by atoms with Crippen LogP contribution < -0.4 is 10.6 Å². The van der Waals surface area contributed by atoms with E-state index in [0.717, 1.165) is 80.9 Å². The van der Waals surface area contributed by atoms with Crippen molar-refractivity contribution in [2.45, 2.75) is 124 Å². The third kappa shape index (κ3) is 8.81. The molecule has 0 aromatic rings. The molecule has 4 fully saturated rings. The summed E-state index contributed by atoms with van der Waals surface area (Å²) < 4.78 is 6.02. The number of halogens is 2. The number of amides is 1. The zero-order valence-corrected chi connectivity index (χ0v) is 30.7. The van der Waals surface area contributed by atoms with Crippen LogP contribution in [0.2, 0.25) is 0 Å². The predicted octanol–water partition coefficient (Wildman–Crippen LogP) is 7.58. The molecule has 8 atom stereocenters. The van der Waals surface area contributed by atoms with Crippen molar-refractivity contribution in [1.82, 2.24) is 15.5 Å². The zero-order valence-electron chi connectivity index (χ0n) is 29.0. The molecule has 5 aliphatic rings. The topological polar surface area (TPSA) is 70.7 Å². The molecule has 3 saturated carbocycles. The molecule has 0 aromatic carbocycles. The molecule has 4 aliphatic carbocycles. The molecule has 0 aromatic heterocycles. The van der Waals surface area contributed by atoms with Crippen molar-refractivity contribution in [3.8, 4) is 0 Å². The highest BCUT2D eigenvalue weighted by molar-refractivity contribution is 5.85. The van der Waals surface area contributed by atoms with Gasteiger partial charge in [0.15, 0.2) is 0 Å². The van der Waals surface area contributed by atoms with E-state index >= 15 is 0 Å². The molecular weight excluding hydrogens is 605 g/mol. The first-order valence-corrected chi connectivity index (χ1v) is 18.2.